The second-order valence-corrected chi connectivity index (χ2v) is 25.4. The van der Waals surface area contributed by atoms with Crippen LogP contribution in [-0.2, 0) is 72.0 Å². The smallest absolute Gasteiger partial charge is 0.456 e. The van der Waals surface area contributed by atoms with Gasteiger partial charge in [0.1, 0.15) is 60.8 Å². The van der Waals surface area contributed by atoms with Crippen LogP contribution in [0.1, 0.15) is 11.4 Å². The van der Waals surface area contributed by atoms with Gasteiger partial charge in [-0.2, -0.15) is 25.2 Å². The predicted molar refractivity (Wildman–Crippen MR) is 423 cm³/mol. The Morgan fingerprint density at radius 2 is 0.412 bits per heavy atom. The molecule has 30 heteroatoms. The number of rotatable bonds is 2. The van der Waals surface area contributed by atoms with Gasteiger partial charge in [-0.1, -0.05) is 60.7 Å². The molecule has 2 radical (unpaired) electrons. The second-order valence-electron chi connectivity index (χ2n) is 24.6. The van der Waals surface area contributed by atoms with E-state index in [2.05, 4.69) is 68.7 Å². The molecule has 0 spiro atoms. The molecule has 20 nitrogen and oxygen atoms in total. The Labute approximate surface area is 680 Å². The molecule has 0 amide bonds. The molecule has 16 bridgehead atoms. The summed E-state index contributed by atoms with van der Waals surface area (Å²) < 4.78 is 126. The van der Waals surface area contributed by atoms with E-state index < -0.39 is 17.7 Å². The molecule has 604 valence electrons. The Bertz CT molecular complexity index is 4480. The molecule has 6 aromatic carbocycles. The molecule has 6 aliphatic heterocycles. The van der Waals surface area contributed by atoms with Gasteiger partial charge < -0.3 is 56.8 Å². The first kappa shape index (κ1) is 88.6. The molecular weight excluding hydrogens is 1620 g/mol. The summed E-state index contributed by atoms with van der Waals surface area (Å²) in [6, 6.07) is 72.4. The number of fused-ring (bicyclic) bond motifs is 4. The number of hydrogen-bond donors (Lipinski definition) is 0. The molecular formula is C84H82Cu2F6N8O12P2. The Morgan fingerprint density at radius 3 is 0.614 bits per heavy atom. The van der Waals surface area contributed by atoms with Crippen LogP contribution in [0.3, 0.4) is 0 Å². The van der Waals surface area contributed by atoms with Crippen LogP contribution >= 0.6 is 17.7 Å². The molecule has 6 aliphatic rings. The van der Waals surface area contributed by atoms with E-state index in [0.717, 1.165) is 146 Å². The van der Waals surface area contributed by atoms with Gasteiger partial charge >= 0.3 is 17.7 Å². The zero-order valence-corrected chi connectivity index (χ0v) is 65.8. The van der Waals surface area contributed by atoms with Crippen molar-refractivity contribution in [3.8, 4) is 90.8 Å². The summed E-state index contributed by atoms with van der Waals surface area (Å²) in [6.45, 7) is 13.9. The summed E-state index contributed by atoms with van der Waals surface area (Å²) in [5.41, 5.74) is 16.2. The van der Waals surface area contributed by atoms with Gasteiger partial charge in [-0.25, -0.2) is 19.9 Å². The zero-order chi connectivity index (χ0) is 77.9. The van der Waals surface area contributed by atoms with Crippen LogP contribution in [0.5, 0.6) is 23.0 Å². The number of aromatic nitrogens is 8. The average Bonchev–Trinajstić information content (AvgIpc) is 0.775. The van der Waals surface area contributed by atoms with Crippen LogP contribution < -0.4 is 18.9 Å². The predicted octanol–water partition coefficient (Wildman–Crippen LogP) is 19.4. The van der Waals surface area contributed by atoms with E-state index >= 15 is 0 Å². The summed E-state index contributed by atoms with van der Waals surface area (Å²) in [6.07, 6.45) is 0. The molecule has 0 N–H and O–H groups in total. The van der Waals surface area contributed by atoms with E-state index in [9.17, 15) is 25.2 Å². The Kier molecular flexibility index (Phi) is 37.4. The number of nitrogens with zero attached hydrogens (tertiary/aromatic N) is 8. The fourth-order valence-corrected chi connectivity index (χ4v) is 11.4. The summed E-state index contributed by atoms with van der Waals surface area (Å²) in [5.74, 6) is 3.14. The summed E-state index contributed by atoms with van der Waals surface area (Å²) in [7, 11) is -8.24. The standard InChI is InChI=1S/2C34H34N2O6.C16H14N4.2Cu.2F3P/c2*1-2-28-8-14-32-26-5-11-30(12-6-26)42-24-22-40-20-18-38-16-15-37-17-19-39-21-23-41-29-9-3-25(4-10-29)31-13-7-27(1)33(35-31)34(28)36-32;1-11-5-3-7-13(17-11)15-9-10-16(20-19-15)14-8-4-6-12(2)18-14;;;2*1-4(2)3/h2*1-14H,15-24H2;3-10H,1-2H3;;;;. The fourth-order valence-electron chi connectivity index (χ4n) is 11.4. The molecule has 0 fully saturated rings. The van der Waals surface area contributed by atoms with Gasteiger partial charge in [-0.15, -0.1) is 10.2 Å². The van der Waals surface area contributed by atoms with Gasteiger partial charge in [0, 0.05) is 89.3 Å². The van der Waals surface area contributed by atoms with Gasteiger partial charge in [0.05, 0.1) is 162 Å². The third kappa shape index (κ3) is 28.6. The van der Waals surface area contributed by atoms with Gasteiger partial charge in [-0.05, 0) is 172 Å². The minimum atomic E-state index is -4.12. The van der Waals surface area contributed by atoms with E-state index in [4.69, 9.17) is 76.8 Å². The Morgan fingerprint density at radius 1 is 0.219 bits per heavy atom. The van der Waals surface area contributed by atoms with Crippen molar-refractivity contribution >= 4 is 61.3 Å². The second kappa shape index (κ2) is 48.2. The Balaban J connectivity index is 0.000000194. The van der Waals surface area contributed by atoms with Crippen molar-refractivity contribution in [2.45, 2.75) is 13.8 Å². The third-order valence-corrected chi connectivity index (χ3v) is 16.8. The minimum Gasteiger partial charge on any atom is -0.491 e. The quantitative estimate of drug-likeness (QED) is 0.0681. The van der Waals surface area contributed by atoms with Crippen molar-refractivity contribution in [1.82, 2.24) is 40.1 Å². The van der Waals surface area contributed by atoms with Crippen LogP contribution in [0.2, 0.25) is 0 Å². The number of pyridine rings is 6. The van der Waals surface area contributed by atoms with Crippen LogP contribution in [0.25, 0.3) is 111 Å². The van der Waals surface area contributed by atoms with Crippen molar-refractivity contribution in [3.05, 3.63) is 230 Å². The maximum absolute atomic E-state index is 9.73. The Hall–Kier alpha value is -9.30. The molecule has 13 aromatic rings. The van der Waals surface area contributed by atoms with Crippen molar-refractivity contribution in [2.24, 2.45) is 0 Å². The normalized spacial score (nSPS) is 14.3. The SMILES string of the molecule is Cc1cccc(-c2ccc(-c3cccc(C)n3)nn2)n1.FP(F)F.FP(F)F.[Cu].[Cu].c1cc2ccc1OCCOCCOCCOCCOCCOc1ccc(cc1)-c1ccc3ccc4ccc-2nc4c3n1.c1cc2ccc1OCCOCCOCCOCCOCCOc1ccc(cc1)-c1ccc3ccc4ccc-2nc4c3n1. The van der Waals surface area contributed by atoms with Gasteiger partial charge in [0.25, 0.3) is 0 Å². The average molecular weight is 1700 g/mol. The molecule has 13 heterocycles. The summed E-state index contributed by atoms with van der Waals surface area (Å²) in [5, 5.41) is 12.7. The molecule has 0 atom stereocenters. The first-order chi connectivity index (χ1) is 54.8. The van der Waals surface area contributed by atoms with Crippen molar-refractivity contribution < 1.29 is 116 Å². The molecule has 7 aromatic heterocycles. The van der Waals surface area contributed by atoms with Gasteiger partial charge in [0.15, 0.2) is 0 Å². The maximum atomic E-state index is 9.73. The number of hydrogen-bond acceptors (Lipinski definition) is 20. The molecule has 19 rings (SSSR count). The largest absolute Gasteiger partial charge is 0.491 e. The number of halogens is 6. The van der Waals surface area contributed by atoms with Crippen LogP contribution in [-0.4, -0.2) is 172 Å². The minimum absolute atomic E-state index is 0. The molecule has 114 heavy (non-hydrogen) atoms. The number of benzene rings is 6. The fraction of sp³-hybridized carbons (Fsp3) is 0.262. The van der Waals surface area contributed by atoms with Gasteiger partial charge in [-0.3, -0.25) is 9.97 Å². The molecule has 0 saturated carbocycles. The van der Waals surface area contributed by atoms with E-state index in [0.29, 0.717) is 132 Å². The van der Waals surface area contributed by atoms with Crippen LogP contribution in [0, 0.1) is 13.8 Å². The number of ether oxygens (including phenoxy) is 12. The van der Waals surface area contributed by atoms with E-state index in [-0.39, 0.29) is 34.1 Å². The van der Waals surface area contributed by atoms with Crippen LogP contribution in [0.4, 0.5) is 25.2 Å². The monoisotopic (exact) mass is 1700 g/mol. The van der Waals surface area contributed by atoms with Crippen molar-refractivity contribution in [3.63, 3.8) is 0 Å². The zero-order valence-electron chi connectivity index (χ0n) is 62.2. The molecule has 0 unspecified atom stereocenters. The summed E-state index contributed by atoms with van der Waals surface area (Å²) >= 11 is 0. The van der Waals surface area contributed by atoms with Crippen LogP contribution in [0.15, 0.2) is 218 Å². The molecule has 0 saturated heterocycles. The summed E-state index contributed by atoms with van der Waals surface area (Å²) in [4.78, 5) is 29.1. The third-order valence-electron chi connectivity index (χ3n) is 16.8. The van der Waals surface area contributed by atoms with E-state index in [1.165, 1.54) is 0 Å². The van der Waals surface area contributed by atoms with Crippen molar-refractivity contribution in [1.29, 1.82) is 0 Å². The van der Waals surface area contributed by atoms with Crippen molar-refractivity contribution in [2.75, 3.05) is 132 Å². The number of aryl methyl sites for hydroxylation is 2. The molecule has 0 aliphatic carbocycles. The topological polar surface area (TPSA) is 214 Å². The van der Waals surface area contributed by atoms with E-state index in [1.54, 1.807) is 0 Å². The first-order valence-corrected chi connectivity index (χ1v) is 38.1. The first-order valence-electron chi connectivity index (χ1n) is 36.1. The van der Waals surface area contributed by atoms with Gasteiger partial charge in [0.2, 0.25) is 0 Å². The maximum Gasteiger partial charge on any atom is 0.456 e. The van der Waals surface area contributed by atoms with E-state index in [1.807, 2.05) is 184 Å².